The number of hydrogen-bond acceptors (Lipinski definition) is 3. The van der Waals surface area contributed by atoms with Crippen molar-refractivity contribution in [1.82, 2.24) is 24.9 Å². The third-order valence-corrected chi connectivity index (χ3v) is 4.23. The Kier molecular flexibility index (Phi) is 3.53. The molecule has 1 unspecified atom stereocenters. The molecule has 1 aliphatic rings. The van der Waals surface area contributed by atoms with E-state index in [0.717, 1.165) is 37.3 Å². The minimum atomic E-state index is 0.0856. The second kappa shape index (κ2) is 5.35. The van der Waals surface area contributed by atoms with Crippen molar-refractivity contribution in [2.24, 2.45) is 7.05 Å². The van der Waals surface area contributed by atoms with Gasteiger partial charge in [0.2, 0.25) is 0 Å². The van der Waals surface area contributed by atoms with Gasteiger partial charge in [0.1, 0.15) is 0 Å². The van der Waals surface area contributed by atoms with Crippen LogP contribution in [0.2, 0.25) is 0 Å². The average molecular weight is 287 g/mol. The number of carbonyl (C=O) groups excluding carboxylic acids is 1. The fourth-order valence-electron chi connectivity index (χ4n) is 3.15. The highest BCUT2D eigenvalue weighted by molar-refractivity contribution is 5.95. The summed E-state index contributed by atoms with van der Waals surface area (Å²) in [5.74, 6) is 0.435. The zero-order valence-corrected chi connectivity index (χ0v) is 12.8. The van der Waals surface area contributed by atoms with Gasteiger partial charge in [0, 0.05) is 37.9 Å². The largest absolute Gasteiger partial charge is 0.338 e. The lowest BCUT2D eigenvalue weighted by molar-refractivity contribution is 0.0705. The van der Waals surface area contributed by atoms with Crippen molar-refractivity contribution >= 4 is 5.91 Å². The summed E-state index contributed by atoms with van der Waals surface area (Å²) in [5.41, 5.74) is 3.84. The Morgan fingerprint density at radius 3 is 2.86 bits per heavy atom. The minimum Gasteiger partial charge on any atom is -0.338 e. The molecular weight excluding hydrogens is 266 g/mol. The molecule has 0 aromatic carbocycles. The van der Waals surface area contributed by atoms with Gasteiger partial charge in [-0.05, 0) is 32.3 Å². The zero-order chi connectivity index (χ0) is 15.0. The van der Waals surface area contributed by atoms with Gasteiger partial charge in [-0.1, -0.05) is 0 Å². The monoisotopic (exact) mass is 287 g/mol. The van der Waals surface area contributed by atoms with Crippen molar-refractivity contribution in [2.45, 2.75) is 32.6 Å². The quantitative estimate of drug-likeness (QED) is 0.915. The highest BCUT2D eigenvalue weighted by atomic mass is 16.2. The molecule has 3 rings (SSSR count). The summed E-state index contributed by atoms with van der Waals surface area (Å²) in [6.07, 6.45) is 5.77. The number of likely N-dealkylation sites (tertiary alicyclic amines) is 1. The number of aromatic amines is 1. The van der Waals surface area contributed by atoms with E-state index >= 15 is 0 Å². The van der Waals surface area contributed by atoms with E-state index in [0.29, 0.717) is 11.5 Å². The fraction of sp³-hybridized carbons (Fsp3) is 0.533. The van der Waals surface area contributed by atoms with Crippen LogP contribution in [-0.2, 0) is 7.05 Å². The van der Waals surface area contributed by atoms with Crippen LogP contribution in [0.15, 0.2) is 12.4 Å². The molecule has 1 saturated heterocycles. The van der Waals surface area contributed by atoms with Crippen LogP contribution in [0, 0.1) is 13.8 Å². The Hall–Kier alpha value is -2.11. The molecule has 112 valence electrons. The molecule has 1 atom stereocenters. The molecule has 2 aromatic heterocycles. The van der Waals surface area contributed by atoms with Crippen molar-refractivity contribution in [2.75, 3.05) is 13.1 Å². The summed E-state index contributed by atoms with van der Waals surface area (Å²) >= 11 is 0. The van der Waals surface area contributed by atoms with Crippen molar-refractivity contribution in [3.63, 3.8) is 0 Å². The predicted molar refractivity (Wildman–Crippen MR) is 79.1 cm³/mol. The Balaban J connectivity index is 1.79. The molecule has 0 spiro atoms. The van der Waals surface area contributed by atoms with Gasteiger partial charge in [-0.2, -0.15) is 10.2 Å². The van der Waals surface area contributed by atoms with E-state index < -0.39 is 0 Å². The van der Waals surface area contributed by atoms with Gasteiger partial charge >= 0.3 is 0 Å². The number of aromatic nitrogens is 4. The molecule has 0 bridgehead atoms. The maximum atomic E-state index is 12.7. The number of rotatable bonds is 2. The number of nitrogens with zero attached hydrogens (tertiary/aromatic N) is 4. The normalized spacial score (nSPS) is 19.0. The highest BCUT2D eigenvalue weighted by Crippen LogP contribution is 2.28. The molecule has 2 aromatic rings. The van der Waals surface area contributed by atoms with Crippen LogP contribution in [0.4, 0.5) is 0 Å². The Labute approximate surface area is 124 Å². The molecule has 0 aliphatic carbocycles. The van der Waals surface area contributed by atoms with Crippen LogP contribution in [0.1, 0.15) is 46.1 Å². The van der Waals surface area contributed by atoms with Crippen molar-refractivity contribution < 1.29 is 4.79 Å². The third-order valence-electron chi connectivity index (χ3n) is 4.23. The summed E-state index contributed by atoms with van der Waals surface area (Å²) in [5, 5.41) is 11.4. The van der Waals surface area contributed by atoms with E-state index in [1.54, 1.807) is 4.68 Å². The van der Waals surface area contributed by atoms with Crippen molar-refractivity contribution in [1.29, 1.82) is 0 Å². The predicted octanol–water partition coefficient (Wildman–Crippen LogP) is 1.78. The molecule has 0 saturated carbocycles. The van der Waals surface area contributed by atoms with Gasteiger partial charge in [0.15, 0.2) is 0 Å². The summed E-state index contributed by atoms with van der Waals surface area (Å²) < 4.78 is 1.70. The highest BCUT2D eigenvalue weighted by Gasteiger charge is 2.28. The number of aryl methyl sites for hydroxylation is 3. The second-order valence-corrected chi connectivity index (χ2v) is 5.86. The van der Waals surface area contributed by atoms with Gasteiger partial charge in [-0.25, -0.2) is 0 Å². The average Bonchev–Trinajstić information content (AvgIpc) is 3.03. The number of amides is 1. The van der Waals surface area contributed by atoms with Crippen molar-refractivity contribution in [3.8, 4) is 0 Å². The van der Waals surface area contributed by atoms with Crippen LogP contribution >= 0.6 is 0 Å². The minimum absolute atomic E-state index is 0.0856. The molecule has 1 amide bonds. The first-order chi connectivity index (χ1) is 10.1. The zero-order valence-electron chi connectivity index (χ0n) is 12.8. The number of hydrogen-bond donors (Lipinski definition) is 1. The molecule has 21 heavy (non-hydrogen) atoms. The molecule has 6 nitrogen and oxygen atoms in total. The van der Waals surface area contributed by atoms with Crippen molar-refractivity contribution in [3.05, 3.63) is 34.9 Å². The maximum Gasteiger partial charge on any atom is 0.257 e. The van der Waals surface area contributed by atoms with Gasteiger partial charge in [0.25, 0.3) is 5.91 Å². The Bertz CT molecular complexity index is 657. The first-order valence-corrected chi connectivity index (χ1v) is 7.35. The van der Waals surface area contributed by atoms with Crippen LogP contribution < -0.4 is 0 Å². The molecule has 1 aliphatic heterocycles. The summed E-state index contributed by atoms with van der Waals surface area (Å²) in [6.45, 7) is 5.51. The van der Waals surface area contributed by atoms with Gasteiger partial charge < -0.3 is 4.90 Å². The molecular formula is C15H21N5O. The lowest BCUT2D eigenvalue weighted by atomic mass is 9.92. The molecule has 0 radical (unpaired) electrons. The van der Waals surface area contributed by atoms with Crippen LogP contribution in [-0.4, -0.2) is 43.9 Å². The van der Waals surface area contributed by atoms with Gasteiger partial charge in [-0.15, -0.1) is 0 Å². The molecule has 6 heteroatoms. The number of carbonyl (C=O) groups is 1. The van der Waals surface area contributed by atoms with E-state index in [2.05, 4.69) is 22.2 Å². The van der Waals surface area contributed by atoms with Crippen LogP contribution in [0.3, 0.4) is 0 Å². The van der Waals surface area contributed by atoms with E-state index in [9.17, 15) is 4.79 Å². The SMILES string of the molecule is Cc1cn[nH]c1C1CCCN(C(=O)c2cn(C)nc2C)C1. The molecule has 1 fully saturated rings. The first-order valence-electron chi connectivity index (χ1n) is 7.35. The Morgan fingerprint density at radius 2 is 2.24 bits per heavy atom. The second-order valence-electron chi connectivity index (χ2n) is 5.86. The smallest absolute Gasteiger partial charge is 0.257 e. The van der Waals surface area contributed by atoms with Crippen LogP contribution in [0.25, 0.3) is 0 Å². The topological polar surface area (TPSA) is 66.8 Å². The van der Waals surface area contributed by atoms with E-state index in [-0.39, 0.29) is 5.91 Å². The molecule has 3 heterocycles. The molecule has 1 N–H and O–H groups in total. The Morgan fingerprint density at radius 1 is 1.43 bits per heavy atom. The maximum absolute atomic E-state index is 12.7. The van der Waals surface area contributed by atoms with Gasteiger partial charge in [0.05, 0.1) is 17.5 Å². The van der Waals surface area contributed by atoms with E-state index in [4.69, 9.17) is 0 Å². The fourth-order valence-corrected chi connectivity index (χ4v) is 3.15. The lowest BCUT2D eigenvalue weighted by Crippen LogP contribution is -2.39. The summed E-state index contributed by atoms with van der Waals surface area (Å²) in [4.78, 5) is 14.6. The summed E-state index contributed by atoms with van der Waals surface area (Å²) in [6, 6.07) is 0. The van der Waals surface area contributed by atoms with Gasteiger partial charge in [-0.3, -0.25) is 14.6 Å². The number of H-pyrrole nitrogens is 1. The number of nitrogens with one attached hydrogen (secondary N) is 1. The lowest BCUT2D eigenvalue weighted by Gasteiger charge is -2.32. The van der Waals surface area contributed by atoms with E-state index in [1.807, 2.05) is 31.3 Å². The first kappa shape index (κ1) is 13.9. The standard InChI is InChI=1S/C15H21N5O/c1-10-7-16-17-14(10)12-5-4-6-20(8-12)15(21)13-9-19(3)18-11(13)2/h7,9,12H,4-6,8H2,1-3H3,(H,16,17). The third kappa shape index (κ3) is 2.57. The summed E-state index contributed by atoms with van der Waals surface area (Å²) in [7, 11) is 1.84. The number of piperidine rings is 1. The van der Waals surface area contributed by atoms with E-state index in [1.165, 1.54) is 5.56 Å². The van der Waals surface area contributed by atoms with Crippen LogP contribution in [0.5, 0.6) is 0 Å².